The Hall–Kier alpha value is -3.59. The highest BCUT2D eigenvalue weighted by Crippen LogP contribution is 2.32. The molecular formula is C20H17N3O5S. The Morgan fingerprint density at radius 3 is 2.66 bits per heavy atom. The third-order valence-electron chi connectivity index (χ3n) is 4.09. The molecule has 0 bridgehead atoms. The highest BCUT2D eigenvalue weighted by molar-refractivity contribution is 7.09. The number of hydrogen-bond donors (Lipinski definition) is 2. The zero-order chi connectivity index (χ0) is 20.2. The maximum atomic E-state index is 12.2. The Labute approximate surface area is 170 Å². The van der Waals surface area contributed by atoms with Gasteiger partial charge in [0, 0.05) is 10.9 Å². The molecule has 3 aromatic rings. The largest absolute Gasteiger partial charge is 0.486 e. The number of aromatic nitrogens is 1. The van der Waals surface area contributed by atoms with Gasteiger partial charge < -0.3 is 14.2 Å². The van der Waals surface area contributed by atoms with Gasteiger partial charge in [-0.2, -0.15) is 0 Å². The van der Waals surface area contributed by atoms with Crippen LogP contribution in [-0.2, 0) is 6.61 Å². The molecule has 0 saturated heterocycles. The van der Waals surface area contributed by atoms with Gasteiger partial charge in [0.15, 0.2) is 11.5 Å². The molecule has 2 N–H and O–H groups in total. The summed E-state index contributed by atoms with van der Waals surface area (Å²) in [5.74, 6) is 0.801. The molecule has 1 aliphatic rings. The fraction of sp³-hybridized carbons (Fsp3) is 0.150. The van der Waals surface area contributed by atoms with Crippen LogP contribution in [0, 0.1) is 6.92 Å². The minimum absolute atomic E-state index is 0.122. The van der Waals surface area contributed by atoms with E-state index in [2.05, 4.69) is 15.8 Å². The number of thiazole rings is 1. The van der Waals surface area contributed by atoms with Crippen LogP contribution in [0.15, 0.2) is 47.8 Å². The van der Waals surface area contributed by atoms with E-state index in [1.54, 1.807) is 23.6 Å². The molecule has 2 aromatic carbocycles. The van der Waals surface area contributed by atoms with E-state index in [1.807, 2.05) is 31.2 Å². The van der Waals surface area contributed by atoms with Crippen molar-refractivity contribution in [3.8, 4) is 17.2 Å². The van der Waals surface area contributed by atoms with Gasteiger partial charge in [0.2, 0.25) is 6.79 Å². The lowest BCUT2D eigenvalue weighted by atomic mass is 10.2. The smallest absolute Gasteiger partial charge is 0.289 e. The van der Waals surface area contributed by atoms with Crippen molar-refractivity contribution in [2.75, 3.05) is 6.79 Å². The van der Waals surface area contributed by atoms with Crippen LogP contribution >= 0.6 is 11.3 Å². The van der Waals surface area contributed by atoms with Crippen molar-refractivity contribution < 1.29 is 23.8 Å². The zero-order valence-electron chi connectivity index (χ0n) is 15.4. The van der Waals surface area contributed by atoms with Gasteiger partial charge in [-0.1, -0.05) is 17.7 Å². The number of amides is 2. The molecule has 29 heavy (non-hydrogen) atoms. The monoisotopic (exact) mass is 411 g/mol. The summed E-state index contributed by atoms with van der Waals surface area (Å²) < 4.78 is 16.1. The fourth-order valence-electron chi connectivity index (χ4n) is 2.55. The number of fused-ring (bicyclic) bond motifs is 1. The number of hydrogen-bond acceptors (Lipinski definition) is 7. The number of aryl methyl sites for hydroxylation is 1. The Morgan fingerprint density at radius 1 is 1.07 bits per heavy atom. The predicted molar refractivity (Wildman–Crippen MR) is 105 cm³/mol. The van der Waals surface area contributed by atoms with Crippen LogP contribution in [0.2, 0.25) is 0 Å². The highest BCUT2D eigenvalue weighted by atomic mass is 32.1. The standard InChI is InChI=1S/C20H17N3O5S/c1-12-2-5-14(6-3-12)26-9-18-21-15(10-29-18)20(25)23-22-19(24)13-4-7-16-17(8-13)28-11-27-16/h2-8,10H,9,11H2,1H3,(H,22,24)(H,23,25). The number of nitrogens with one attached hydrogen (secondary N) is 2. The van der Waals surface area contributed by atoms with Crippen LogP contribution in [0.3, 0.4) is 0 Å². The minimum Gasteiger partial charge on any atom is -0.486 e. The third kappa shape index (κ3) is 4.46. The first kappa shape index (κ1) is 18.8. The lowest BCUT2D eigenvalue weighted by Crippen LogP contribution is -2.41. The summed E-state index contributed by atoms with van der Waals surface area (Å²) in [6.07, 6.45) is 0. The summed E-state index contributed by atoms with van der Waals surface area (Å²) in [6.45, 7) is 2.38. The molecule has 0 saturated carbocycles. The van der Waals surface area contributed by atoms with Crippen molar-refractivity contribution in [3.05, 3.63) is 69.7 Å². The molecule has 1 aliphatic heterocycles. The first-order valence-corrected chi connectivity index (χ1v) is 9.60. The Bertz CT molecular complexity index is 1050. The van der Waals surface area contributed by atoms with E-state index in [1.165, 1.54) is 11.3 Å². The summed E-state index contributed by atoms with van der Waals surface area (Å²) in [5.41, 5.74) is 6.39. The number of rotatable bonds is 5. The van der Waals surface area contributed by atoms with Crippen molar-refractivity contribution in [1.29, 1.82) is 0 Å². The van der Waals surface area contributed by atoms with Crippen LogP contribution < -0.4 is 25.1 Å². The maximum absolute atomic E-state index is 12.2. The highest BCUT2D eigenvalue weighted by Gasteiger charge is 2.17. The summed E-state index contributed by atoms with van der Waals surface area (Å²) in [5, 5.41) is 2.26. The second-order valence-corrected chi connectivity index (χ2v) is 7.15. The number of carbonyl (C=O) groups is 2. The van der Waals surface area contributed by atoms with E-state index < -0.39 is 11.8 Å². The van der Waals surface area contributed by atoms with Crippen molar-refractivity contribution >= 4 is 23.2 Å². The molecule has 8 nitrogen and oxygen atoms in total. The number of hydrazine groups is 1. The summed E-state index contributed by atoms with van der Waals surface area (Å²) in [7, 11) is 0. The van der Waals surface area contributed by atoms with Gasteiger partial charge in [0.25, 0.3) is 11.8 Å². The molecule has 4 rings (SSSR count). The van der Waals surface area contributed by atoms with Crippen molar-refractivity contribution in [2.45, 2.75) is 13.5 Å². The topological polar surface area (TPSA) is 98.8 Å². The molecule has 148 valence electrons. The van der Waals surface area contributed by atoms with Crippen LogP contribution in [0.1, 0.15) is 31.4 Å². The van der Waals surface area contributed by atoms with Crippen LogP contribution in [-0.4, -0.2) is 23.6 Å². The third-order valence-corrected chi connectivity index (χ3v) is 4.91. The van der Waals surface area contributed by atoms with E-state index >= 15 is 0 Å². The van der Waals surface area contributed by atoms with Crippen LogP contribution in [0.4, 0.5) is 0 Å². The fourth-order valence-corrected chi connectivity index (χ4v) is 3.23. The lowest BCUT2D eigenvalue weighted by molar-refractivity contribution is 0.0844. The second-order valence-electron chi connectivity index (χ2n) is 6.20. The molecule has 0 aliphatic carbocycles. The molecule has 2 heterocycles. The summed E-state index contributed by atoms with van der Waals surface area (Å²) in [4.78, 5) is 28.7. The van der Waals surface area contributed by atoms with Crippen molar-refractivity contribution in [2.24, 2.45) is 0 Å². The van der Waals surface area contributed by atoms with E-state index in [9.17, 15) is 9.59 Å². The number of ether oxygens (including phenoxy) is 3. The molecule has 0 radical (unpaired) electrons. The molecule has 0 fully saturated rings. The number of benzene rings is 2. The maximum Gasteiger partial charge on any atom is 0.289 e. The predicted octanol–water partition coefficient (Wildman–Crippen LogP) is 2.83. The lowest BCUT2D eigenvalue weighted by Gasteiger charge is -2.06. The van der Waals surface area contributed by atoms with E-state index in [0.717, 1.165) is 11.3 Å². The van der Waals surface area contributed by atoms with E-state index in [4.69, 9.17) is 14.2 Å². The molecule has 0 spiro atoms. The Kier molecular flexibility index (Phi) is 5.30. The first-order chi connectivity index (χ1) is 14.1. The SMILES string of the molecule is Cc1ccc(OCc2nc(C(=O)NNC(=O)c3ccc4c(c3)OCO4)cs2)cc1. The molecule has 1 aromatic heterocycles. The van der Waals surface area contributed by atoms with Crippen molar-refractivity contribution in [1.82, 2.24) is 15.8 Å². The molecular weight excluding hydrogens is 394 g/mol. The quantitative estimate of drug-likeness (QED) is 0.627. The summed E-state index contributed by atoms with van der Waals surface area (Å²) in [6, 6.07) is 12.4. The number of carbonyl (C=O) groups excluding carboxylic acids is 2. The average molecular weight is 411 g/mol. The molecule has 2 amide bonds. The normalized spacial score (nSPS) is 11.8. The number of nitrogens with zero attached hydrogens (tertiary/aromatic N) is 1. The molecule has 0 atom stereocenters. The first-order valence-electron chi connectivity index (χ1n) is 8.73. The van der Waals surface area contributed by atoms with E-state index in [-0.39, 0.29) is 19.1 Å². The van der Waals surface area contributed by atoms with Gasteiger partial charge in [-0.15, -0.1) is 11.3 Å². The van der Waals surface area contributed by atoms with Gasteiger partial charge in [-0.25, -0.2) is 4.98 Å². The van der Waals surface area contributed by atoms with Gasteiger partial charge >= 0.3 is 0 Å². The average Bonchev–Trinajstić information content (AvgIpc) is 3.40. The van der Waals surface area contributed by atoms with Crippen LogP contribution in [0.5, 0.6) is 17.2 Å². The van der Waals surface area contributed by atoms with Gasteiger partial charge in [-0.05, 0) is 37.3 Å². The zero-order valence-corrected chi connectivity index (χ0v) is 16.2. The van der Waals surface area contributed by atoms with Crippen molar-refractivity contribution in [3.63, 3.8) is 0 Å². The second kappa shape index (κ2) is 8.19. The van der Waals surface area contributed by atoms with Gasteiger partial charge in [0.1, 0.15) is 23.1 Å². The molecule has 9 heteroatoms. The minimum atomic E-state index is -0.517. The Balaban J connectivity index is 1.29. The Morgan fingerprint density at radius 2 is 1.83 bits per heavy atom. The summed E-state index contributed by atoms with van der Waals surface area (Å²) >= 11 is 1.30. The van der Waals surface area contributed by atoms with E-state index in [0.29, 0.717) is 22.1 Å². The van der Waals surface area contributed by atoms with Gasteiger partial charge in [-0.3, -0.25) is 20.4 Å². The van der Waals surface area contributed by atoms with Crippen LogP contribution in [0.25, 0.3) is 0 Å². The van der Waals surface area contributed by atoms with Gasteiger partial charge in [0.05, 0.1) is 0 Å². The molecule has 0 unspecified atom stereocenters.